The van der Waals surface area contributed by atoms with Crippen LogP contribution in [-0.2, 0) is 9.53 Å². The van der Waals surface area contributed by atoms with E-state index in [1.54, 1.807) is 34.8 Å². The molecule has 8 nitrogen and oxygen atoms in total. The standard InChI is InChI=1S/C23H24N6O2S2/c1-13-12-14(2)29(27-13)23-25-18(19(26-23)20-24-10-11-32-20)9-7-8-17(22(30)31-6)21-28(5)15(3)16(4)33-21/h7-12H,1-6H3/b8-7+,18-9-,21-17?. The van der Waals surface area contributed by atoms with E-state index >= 15 is 0 Å². The zero-order valence-electron chi connectivity index (χ0n) is 19.3. The third-order valence-electron chi connectivity index (χ3n) is 5.23. The van der Waals surface area contributed by atoms with Crippen molar-refractivity contribution in [2.75, 3.05) is 14.2 Å². The molecule has 0 aromatic carbocycles. The molecule has 0 radical (unpaired) electrons. The van der Waals surface area contributed by atoms with Crippen molar-refractivity contribution in [2.24, 2.45) is 9.98 Å². The Bertz CT molecular complexity index is 1290. The second-order valence-electron chi connectivity index (χ2n) is 7.47. The number of rotatable bonds is 4. The highest BCUT2D eigenvalue weighted by Gasteiger charge is 2.26. The number of aryl methyl sites for hydroxylation is 2. The number of thiazole rings is 1. The molecule has 0 unspecified atom stereocenters. The molecule has 0 bridgehead atoms. The lowest BCUT2D eigenvalue weighted by atomic mass is 10.2. The van der Waals surface area contributed by atoms with Gasteiger partial charge in [0.2, 0.25) is 0 Å². The van der Waals surface area contributed by atoms with Crippen molar-refractivity contribution in [3.63, 3.8) is 0 Å². The maximum absolute atomic E-state index is 12.5. The third kappa shape index (κ3) is 4.49. The number of hydrogen-bond donors (Lipinski definition) is 0. The molecule has 10 heteroatoms. The summed E-state index contributed by atoms with van der Waals surface area (Å²) in [7, 11) is 3.33. The van der Waals surface area contributed by atoms with Crippen LogP contribution in [0.1, 0.15) is 30.2 Å². The number of carbonyl (C=O) groups excluding carboxylic acids is 1. The smallest absolute Gasteiger partial charge is 0.340 e. The first-order valence-electron chi connectivity index (χ1n) is 10.2. The maximum atomic E-state index is 12.5. The van der Waals surface area contributed by atoms with Crippen LogP contribution in [0, 0.1) is 13.8 Å². The summed E-state index contributed by atoms with van der Waals surface area (Å²) in [6, 6.07) is 1.98. The molecule has 33 heavy (non-hydrogen) atoms. The van der Waals surface area contributed by atoms with Crippen molar-refractivity contribution >= 4 is 40.7 Å². The molecule has 2 aliphatic rings. The Morgan fingerprint density at radius 2 is 1.97 bits per heavy atom. The van der Waals surface area contributed by atoms with Crippen LogP contribution in [0.2, 0.25) is 0 Å². The average molecular weight is 481 g/mol. The van der Waals surface area contributed by atoms with Crippen molar-refractivity contribution in [3.05, 3.63) is 79.2 Å². The molecule has 0 amide bonds. The van der Waals surface area contributed by atoms with E-state index in [0.29, 0.717) is 22.9 Å². The normalized spacial score (nSPS) is 19.1. The summed E-state index contributed by atoms with van der Waals surface area (Å²) < 4.78 is 6.76. The van der Waals surface area contributed by atoms with Crippen LogP contribution in [-0.4, -0.2) is 51.5 Å². The Balaban J connectivity index is 1.72. The van der Waals surface area contributed by atoms with E-state index < -0.39 is 5.97 Å². The highest BCUT2D eigenvalue weighted by molar-refractivity contribution is 8.07. The molecule has 4 rings (SSSR count). The Morgan fingerprint density at radius 1 is 1.18 bits per heavy atom. The molecule has 0 atom stereocenters. The van der Waals surface area contributed by atoms with Crippen molar-refractivity contribution in [1.29, 1.82) is 0 Å². The van der Waals surface area contributed by atoms with Gasteiger partial charge in [0.05, 0.1) is 29.1 Å². The molecule has 0 saturated heterocycles. The number of allylic oxidation sites excluding steroid dienone is 5. The second-order valence-corrected chi connectivity index (χ2v) is 9.57. The van der Waals surface area contributed by atoms with Gasteiger partial charge in [-0.25, -0.2) is 24.4 Å². The van der Waals surface area contributed by atoms with Crippen LogP contribution >= 0.6 is 23.1 Å². The van der Waals surface area contributed by atoms with Gasteiger partial charge in [-0.3, -0.25) is 0 Å². The van der Waals surface area contributed by atoms with E-state index in [2.05, 4.69) is 10.1 Å². The maximum Gasteiger partial charge on any atom is 0.340 e. The van der Waals surface area contributed by atoms with Crippen molar-refractivity contribution in [3.8, 4) is 0 Å². The zero-order valence-corrected chi connectivity index (χ0v) is 20.9. The first kappa shape index (κ1) is 22.9. The van der Waals surface area contributed by atoms with Crippen LogP contribution in [0.3, 0.4) is 0 Å². The molecule has 170 valence electrons. The quantitative estimate of drug-likeness (QED) is 0.476. The Morgan fingerprint density at radius 3 is 2.55 bits per heavy atom. The van der Waals surface area contributed by atoms with Crippen molar-refractivity contribution in [1.82, 2.24) is 19.7 Å². The van der Waals surface area contributed by atoms with E-state index in [0.717, 1.165) is 32.0 Å². The number of carbonyl (C=O) groups is 1. The lowest BCUT2D eigenvalue weighted by molar-refractivity contribution is -0.135. The molecule has 2 aromatic heterocycles. The zero-order chi connectivity index (χ0) is 23.7. The van der Waals surface area contributed by atoms with Gasteiger partial charge in [0.15, 0.2) is 0 Å². The van der Waals surface area contributed by atoms with E-state index in [9.17, 15) is 4.79 Å². The molecule has 4 heterocycles. The number of hydrogen-bond acceptors (Lipinski definition) is 9. The Labute approximate surface area is 200 Å². The predicted molar refractivity (Wildman–Crippen MR) is 133 cm³/mol. The van der Waals surface area contributed by atoms with E-state index in [-0.39, 0.29) is 0 Å². The van der Waals surface area contributed by atoms with E-state index in [1.165, 1.54) is 18.4 Å². The molecule has 0 saturated carbocycles. The summed E-state index contributed by atoms with van der Waals surface area (Å²) in [4.78, 5) is 29.5. The summed E-state index contributed by atoms with van der Waals surface area (Å²) >= 11 is 3.05. The third-order valence-corrected chi connectivity index (χ3v) is 7.30. The van der Waals surface area contributed by atoms with Gasteiger partial charge in [0.1, 0.15) is 10.7 Å². The van der Waals surface area contributed by atoms with Crippen molar-refractivity contribution in [2.45, 2.75) is 27.7 Å². The van der Waals surface area contributed by atoms with Crippen molar-refractivity contribution < 1.29 is 9.53 Å². The fourth-order valence-electron chi connectivity index (χ4n) is 3.37. The molecule has 0 aliphatic carbocycles. The summed E-state index contributed by atoms with van der Waals surface area (Å²) in [6.07, 6.45) is 7.11. The van der Waals surface area contributed by atoms with E-state index in [1.807, 2.05) is 57.2 Å². The minimum absolute atomic E-state index is 0.395. The summed E-state index contributed by atoms with van der Waals surface area (Å²) in [6.45, 7) is 7.96. The summed E-state index contributed by atoms with van der Waals surface area (Å²) in [5, 5.41) is 7.99. The first-order chi connectivity index (χ1) is 15.8. The van der Waals surface area contributed by atoms with Gasteiger partial charge in [0.25, 0.3) is 5.96 Å². The highest BCUT2D eigenvalue weighted by Crippen LogP contribution is 2.41. The number of nitrogens with zero attached hydrogens (tertiary/aromatic N) is 6. The summed E-state index contributed by atoms with van der Waals surface area (Å²) in [5.41, 5.74) is 4.75. The monoisotopic (exact) mass is 480 g/mol. The van der Waals surface area contributed by atoms with Gasteiger partial charge in [-0.2, -0.15) is 5.10 Å². The van der Waals surface area contributed by atoms with Crippen LogP contribution in [0.5, 0.6) is 0 Å². The predicted octanol–water partition coefficient (Wildman–Crippen LogP) is 4.42. The van der Waals surface area contributed by atoms with Gasteiger partial charge >= 0.3 is 5.97 Å². The van der Waals surface area contributed by atoms with Gasteiger partial charge < -0.3 is 9.64 Å². The number of aromatic nitrogens is 3. The topological polar surface area (TPSA) is 85.0 Å². The van der Waals surface area contributed by atoms with Gasteiger partial charge in [0, 0.05) is 34.9 Å². The number of ether oxygens (including phenoxy) is 1. The molecule has 2 aromatic rings. The molecular formula is C23H24N6O2S2. The second kappa shape index (κ2) is 9.32. The average Bonchev–Trinajstić information content (AvgIpc) is 3.56. The Hall–Kier alpha value is -3.24. The number of esters is 1. The van der Waals surface area contributed by atoms with E-state index in [4.69, 9.17) is 14.7 Å². The fourth-order valence-corrected chi connectivity index (χ4v) is 5.11. The number of thioether (sulfide) groups is 1. The largest absolute Gasteiger partial charge is 0.465 e. The SMILES string of the molecule is COC(=O)C(/C=C/C=C1\N=C(n2nc(C)cc2C)N=C1c1nccs1)=C1SC(C)=C(C)N1C. The van der Waals surface area contributed by atoms with Crippen LogP contribution < -0.4 is 0 Å². The molecule has 0 spiro atoms. The highest BCUT2D eigenvalue weighted by atomic mass is 32.2. The molecular weight excluding hydrogens is 456 g/mol. The lowest BCUT2D eigenvalue weighted by Gasteiger charge is -2.16. The number of aliphatic imine (C=N–C) groups is 2. The van der Waals surface area contributed by atoms with Crippen LogP contribution in [0.25, 0.3) is 0 Å². The first-order valence-corrected chi connectivity index (χ1v) is 11.9. The van der Waals surface area contributed by atoms with Gasteiger partial charge in [-0.1, -0.05) is 17.8 Å². The van der Waals surface area contributed by atoms with Gasteiger partial charge in [-0.05, 0) is 45.9 Å². The number of methoxy groups -OCH3 is 1. The molecule has 0 fully saturated rings. The Kier molecular flexibility index (Phi) is 6.48. The minimum atomic E-state index is -0.395. The van der Waals surface area contributed by atoms with Crippen LogP contribution in [0.15, 0.2) is 72.8 Å². The molecule has 0 N–H and O–H groups in total. The fraction of sp³-hybridized carbons (Fsp3) is 0.261. The minimum Gasteiger partial charge on any atom is -0.465 e. The lowest BCUT2D eigenvalue weighted by Crippen LogP contribution is -2.15. The van der Waals surface area contributed by atoms with Gasteiger partial charge in [-0.15, -0.1) is 11.3 Å². The van der Waals surface area contributed by atoms with Crippen LogP contribution in [0.4, 0.5) is 0 Å². The molecule has 2 aliphatic heterocycles. The summed E-state index contributed by atoms with van der Waals surface area (Å²) in [5.74, 6) is 0.0899.